The lowest BCUT2D eigenvalue weighted by Crippen LogP contribution is -2.54. The summed E-state index contributed by atoms with van der Waals surface area (Å²) in [5, 5.41) is 6.82. The molecule has 8 nitrogen and oxygen atoms in total. The number of amides is 3. The fourth-order valence-corrected chi connectivity index (χ4v) is 6.56. The Bertz CT molecular complexity index is 1200. The molecule has 3 fully saturated rings. The van der Waals surface area contributed by atoms with Crippen LogP contribution in [0.2, 0.25) is 0 Å². The number of carbonyl (C=O) groups is 4. The van der Waals surface area contributed by atoms with E-state index in [9.17, 15) is 19.2 Å². The first kappa shape index (κ1) is 27.3. The van der Waals surface area contributed by atoms with Crippen molar-refractivity contribution in [1.29, 1.82) is 0 Å². The smallest absolute Gasteiger partial charge is 0.289 e. The molecule has 0 unspecified atom stereocenters. The first-order valence-corrected chi connectivity index (χ1v) is 14.8. The standard InChI is InChI=1S/C31H40N4O4/c36-28(30(38)32-23-13-5-2-6-14-23)27-16-9-19-35(27)31(39)26(20-21-10-3-1-4-11-21)34-29(37)25-18-17-22-12-7-8-15-24(22)33-25/h7-8,12,15,17-18,21,23,26-27H,1-6,9-11,13-14,16,19-20H2,(H,32,38)(H,34,37)/t26-,27-/m0/s1. The van der Waals surface area contributed by atoms with E-state index < -0.39 is 29.7 Å². The first-order chi connectivity index (χ1) is 19.0. The van der Waals surface area contributed by atoms with Crippen molar-refractivity contribution in [2.75, 3.05) is 6.54 Å². The van der Waals surface area contributed by atoms with Gasteiger partial charge in [-0.25, -0.2) is 4.98 Å². The average molecular weight is 533 g/mol. The molecular weight excluding hydrogens is 492 g/mol. The zero-order valence-electron chi connectivity index (χ0n) is 22.7. The molecule has 1 aromatic carbocycles. The molecule has 2 aliphatic carbocycles. The molecule has 0 bridgehead atoms. The Balaban J connectivity index is 1.30. The van der Waals surface area contributed by atoms with Gasteiger partial charge < -0.3 is 15.5 Å². The van der Waals surface area contributed by atoms with E-state index in [1.54, 1.807) is 11.0 Å². The molecule has 8 heteroatoms. The Morgan fingerprint density at radius 2 is 1.56 bits per heavy atom. The van der Waals surface area contributed by atoms with Crippen LogP contribution in [0.25, 0.3) is 10.9 Å². The van der Waals surface area contributed by atoms with Crippen molar-refractivity contribution in [3.63, 3.8) is 0 Å². The lowest BCUT2D eigenvalue weighted by Gasteiger charge is -2.31. The molecule has 0 radical (unpaired) electrons. The van der Waals surface area contributed by atoms with Gasteiger partial charge in [0.25, 0.3) is 11.8 Å². The normalized spacial score (nSPS) is 21.4. The van der Waals surface area contributed by atoms with Crippen LogP contribution in [0.5, 0.6) is 0 Å². The van der Waals surface area contributed by atoms with Crippen molar-refractivity contribution >= 4 is 34.4 Å². The van der Waals surface area contributed by atoms with E-state index in [1.165, 1.54) is 6.42 Å². The number of carbonyl (C=O) groups excluding carboxylic acids is 4. The maximum atomic E-state index is 13.9. The average Bonchev–Trinajstić information content (AvgIpc) is 3.47. The zero-order chi connectivity index (χ0) is 27.2. The van der Waals surface area contributed by atoms with Gasteiger partial charge in [0.1, 0.15) is 17.8 Å². The van der Waals surface area contributed by atoms with Crippen molar-refractivity contribution < 1.29 is 19.2 Å². The van der Waals surface area contributed by atoms with Crippen LogP contribution in [-0.2, 0) is 14.4 Å². The van der Waals surface area contributed by atoms with Crippen LogP contribution in [0.1, 0.15) is 94.0 Å². The summed E-state index contributed by atoms with van der Waals surface area (Å²) in [6, 6.07) is 9.63. The van der Waals surface area contributed by atoms with Gasteiger partial charge in [-0.3, -0.25) is 19.2 Å². The molecule has 1 saturated heterocycles. The molecule has 5 rings (SSSR count). The quantitative estimate of drug-likeness (QED) is 0.493. The van der Waals surface area contributed by atoms with E-state index in [0.29, 0.717) is 31.7 Å². The van der Waals surface area contributed by atoms with E-state index in [4.69, 9.17) is 0 Å². The fraction of sp³-hybridized carbons (Fsp3) is 0.581. The highest BCUT2D eigenvalue weighted by Crippen LogP contribution is 2.29. The van der Waals surface area contributed by atoms with Crippen molar-refractivity contribution in [3.8, 4) is 0 Å². The molecule has 2 N–H and O–H groups in total. The van der Waals surface area contributed by atoms with Gasteiger partial charge in [-0.2, -0.15) is 0 Å². The molecule has 2 heterocycles. The van der Waals surface area contributed by atoms with Gasteiger partial charge in [-0.1, -0.05) is 75.6 Å². The van der Waals surface area contributed by atoms with Crippen LogP contribution >= 0.6 is 0 Å². The van der Waals surface area contributed by atoms with Gasteiger partial charge in [0.2, 0.25) is 11.7 Å². The number of benzene rings is 1. The van der Waals surface area contributed by atoms with E-state index in [-0.39, 0.29) is 17.6 Å². The Kier molecular flexibility index (Phi) is 8.89. The number of para-hydroxylation sites is 1. The van der Waals surface area contributed by atoms with Gasteiger partial charge in [-0.05, 0) is 50.2 Å². The number of hydrogen-bond acceptors (Lipinski definition) is 5. The Labute approximate surface area is 230 Å². The van der Waals surface area contributed by atoms with Crippen LogP contribution in [0, 0.1) is 5.92 Å². The lowest BCUT2D eigenvalue weighted by atomic mass is 9.84. The zero-order valence-corrected chi connectivity index (χ0v) is 22.7. The Hall–Kier alpha value is -3.29. The summed E-state index contributed by atoms with van der Waals surface area (Å²) in [5.74, 6) is -1.45. The summed E-state index contributed by atoms with van der Waals surface area (Å²) in [6.45, 7) is 0.414. The minimum absolute atomic E-state index is 0.0357. The highest BCUT2D eigenvalue weighted by atomic mass is 16.2. The summed E-state index contributed by atoms with van der Waals surface area (Å²) >= 11 is 0. The highest BCUT2D eigenvalue weighted by molar-refractivity contribution is 6.38. The molecule has 2 aromatic rings. The SMILES string of the molecule is O=C(NC1CCCCC1)C(=O)[C@@H]1CCCN1C(=O)[C@H](CC1CCCCC1)NC(=O)c1ccc2ccccc2n1. The number of ketones is 1. The second-order valence-electron chi connectivity index (χ2n) is 11.5. The number of pyridine rings is 1. The number of Topliss-reactive ketones (excluding diaryl/α,β-unsaturated/α-hetero) is 1. The topological polar surface area (TPSA) is 108 Å². The van der Waals surface area contributed by atoms with Gasteiger partial charge >= 0.3 is 0 Å². The molecule has 208 valence electrons. The molecule has 2 atom stereocenters. The Morgan fingerprint density at radius 3 is 2.33 bits per heavy atom. The minimum Gasteiger partial charge on any atom is -0.347 e. The van der Waals surface area contributed by atoms with Crippen LogP contribution in [-0.4, -0.2) is 58.1 Å². The predicted octanol–water partition coefficient (Wildman–Crippen LogP) is 4.31. The summed E-state index contributed by atoms with van der Waals surface area (Å²) in [7, 11) is 0. The molecule has 1 aromatic heterocycles. The van der Waals surface area contributed by atoms with E-state index in [1.807, 2.05) is 30.3 Å². The molecule has 3 amide bonds. The summed E-state index contributed by atoms with van der Waals surface area (Å²) in [4.78, 5) is 59.4. The van der Waals surface area contributed by atoms with Crippen molar-refractivity contribution in [1.82, 2.24) is 20.5 Å². The monoisotopic (exact) mass is 532 g/mol. The number of nitrogens with zero attached hydrogens (tertiary/aromatic N) is 2. The van der Waals surface area contributed by atoms with Crippen LogP contribution < -0.4 is 10.6 Å². The first-order valence-electron chi connectivity index (χ1n) is 14.8. The van der Waals surface area contributed by atoms with Gasteiger partial charge in [-0.15, -0.1) is 0 Å². The van der Waals surface area contributed by atoms with Gasteiger partial charge in [0.15, 0.2) is 0 Å². The summed E-state index contributed by atoms with van der Waals surface area (Å²) in [6.07, 6.45) is 12.2. The molecule has 1 aliphatic heterocycles. The molecular formula is C31H40N4O4. The molecule has 3 aliphatic rings. The van der Waals surface area contributed by atoms with Crippen LogP contribution in [0.15, 0.2) is 36.4 Å². The molecule has 39 heavy (non-hydrogen) atoms. The van der Waals surface area contributed by atoms with E-state index in [0.717, 1.165) is 68.7 Å². The van der Waals surface area contributed by atoms with E-state index >= 15 is 0 Å². The van der Waals surface area contributed by atoms with Crippen molar-refractivity contribution in [3.05, 3.63) is 42.1 Å². The third-order valence-corrected chi connectivity index (χ3v) is 8.73. The second kappa shape index (κ2) is 12.7. The fourth-order valence-electron chi connectivity index (χ4n) is 6.56. The third-order valence-electron chi connectivity index (χ3n) is 8.73. The Morgan fingerprint density at radius 1 is 0.846 bits per heavy atom. The van der Waals surface area contributed by atoms with Gasteiger partial charge in [0.05, 0.1) is 5.52 Å². The van der Waals surface area contributed by atoms with Crippen molar-refractivity contribution in [2.45, 2.75) is 102 Å². The number of hydrogen-bond donors (Lipinski definition) is 2. The van der Waals surface area contributed by atoms with E-state index in [2.05, 4.69) is 15.6 Å². The highest BCUT2D eigenvalue weighted by Gasteiger charge is 2.41. The number of likely N-dealkylation sites (tertiary alicyclic amines) is 1. The molecule has 0 spiro atoms. The number of nitrogens with one attached hydrogen (secondary N) is 2. The minimum atomic E-state index is -0.773. The third kappa shape index (κ3) is 6.65. The van der Waals surface area contributed by atoms with Gasteiger partial charge in [0, 0.05) is 18.0 Å². The number of aromatic nitrogens is 1. The summed E-state index contributed by atoms with van der Waals surface area (Å²) in [5.41, 5.74) is 0.977. The van der Waals surface area contributed by atoms with Crippen LogP contribution in [0.3, 0.4) is 0 Å². The maximum Gasteiger partial charge on any atom is 0.289 e. The van der Waals surface area contributed by atoms with Crippen molar-refractivity contribution in [2.24, 2.45) is 5.92 Å². The lowest BCUT2D eigenvalue weighted by molar-refractivity contribution is -0.145. The number of rotatable bonds is 8. The van der Waals surface area contributed by atoms with Crippen LogP contribution in [0.4, 0.5) is 0 Å². The second-order valence-corrected chi connectivity index (χ2v) is 11.5. The summed E-state index contributed by atoms with van der Waals surface area (Å²) < 4.78 is 0. The largest absolute Gasteiger partial charge is 0.347 e. The number of fused-ring (bicyclic) bond motifs is 1. The predicted molar refractivity (Wildman–Crippen MR) is 149 cm³/mol. The molecule has 2 saturated carbocycles. The maximum absolute atomic E-state index is 13.9.